The van der Waals surface area contributed by atoms with E-state index in [1.807, 2.05) is 0 Å². The van der Waals surface area contributed by atoms with Gasteiger partial charge in [-0.1, -0.05) is 5.16 Å². The number of sulfonamides is 1. The fraction of sp³-hybridized carbons (Fsp3) is 0.300. The Morgan fingerprint density at radius 3 is 2.67 bits per heavy atom. The Bertz CT molecular complexity index is 596. The summed E-state index contributed by atoms with van der Waals surface area (Å²) in [5.74, 6) is -0.0349. The van der Waals surface area contributed by atoms with Crippen molar-refractivity contribution >= 4 is 37.5 Å². The zero-order valence-electron chi connectivity index (χ0n) is 9.30. The maximum atomic E-state index is 11.8. The van der Waals surface area contributed by atoms with Crippen LogP contribution in [0.3, 0.4) is 0 Å². The van der Waals surface area contributed by atoms with Gasteiger partial charge in [-0.05, 0) is 47.0 Å². The van der Waals surface area contributed by atoms with Crippen molar-refractivity contribution in [2.45, 2.75) is 18.1 Å². The van der Waals surface area contributed by atoms with Crippen LogP contribution in [-0.4, -0.2) is 24.7 Å². The predicted molar refractivity (Wildman–Crippen MR) is 72.2 cm³/mol. The number of benzene rings is 1. The van der Waals surface area contributed by atoms with Gasteiger partial charge >= 0.3 is 0 Å². The Kier molecular flexibility index (Phi) is 3.49. The minimum absolute atomic E-state index is 0.0349. The SMILES string of the molecule is N/C(=N/O)c1ccc(NS(=O)(=O)C2CC2)c(Br)c1. The van der Waals surface area contributed by atoms with Crippen molar-refractivity contribution in [3.63, 3.8) is 0 Å². The zero-order chi connectivity index (χ0) is 13.3. The summed E-state index contributed by atoms with van der Waals surface area (Å²) in [7, 11) is -3.29. The number of hydrogen-bond donors (Lipinski definition) is 3. The van der Waals surface area contributed by atoms with Gasteiger partial charge in [0.05, 0.1) is 10.9 Å². The normalized spacial score (nSPS) is 16.6. The average Bonchev–Trinajstić information content (AvgIpc) is 3.14. The van der Waals surface area contributed by atoms with Crippen LogP contribution in [0.4, 0.5) is 5.69 Å². The van der Waals surface area contributed by atoms with Crippen LogP contribution in [0.5, 0.6) is 0 Å². The minimum atomic E-state index is -3.29. The number of halogens is 1. The summed E-state index contributed by atoms with van der Waals surface area (Å²) >= 11 is 3.25. The van der Waals surface area contributed by atoms with E-state index < -0.39 is 10.0 Å². The van der Waals surface area contributed by atoms with Crippen molar-refractivity contribution in [1.29, 1.82) is 0 Å². The van der Waals surface area contributed by atoms with E-state index >= 15 is 0 Å². The molecular weight excluding hydrogens is 322 g/mol. The molecule has 1 aromatic carbocycles. The molecule has 8 heteroatoms. The highest BCUT2D eigenvalue weighted by Gasteiger charge is 2.35. The molecule has 1 fully saturated rings. The topological polar surface area (TPSA) is 105 Å². The molecule has 0 spiro atoms. The smallest absolute Gasteiger partial charge is 0.235 e. The first kappa shape index (κ1) is 13.2. The average molecular weight is 334 g/mol. The van der Waals surface area contributed by atoms with Gasteiger partial charge in [0.15, 0.2) is 5.84 Å². The fourth-order valence-electron chi connectivity index (χ4n) is 1.43. The molecule has 6 nitrogen and oxygen atoms in total. The molecule has 0 atom stereocenters. The first-order chi connectivity index (χ1) is 8.44. The number of nitrogens with zero attached hydrogens (tertiary/aromatic N) is 1. The Hall–Kier alpha value is -1.28. The summed E-state index contributed by atoms with van der Waals surface area (Å²) in [6, 6.07) is 4.72. The van der Waals surface area contributed by atoms with Crippen LogP contribution in [0, 0.1) is 0 Å². The van der Waals surface area contributed by atoms with Crippen molar-refractivity contribution in [3.8, 4) is 0 Å². The third-order valence-corrected chi connectivity index (χ3v) is 5.10. The number of rotatable bonds is 4. The molecule has 1 aliphatic rings. The van der Waals surface area contributed by atoms with E-state index in [-0.39, 0.29) is 11.1 Å². The van der Waals surface area contributed by atoms with Crippen molar-refractivity contribution in [1.82, 2.24) is 0 Å². The maximum absolute atomic E-state index is 11.8. The number of anilines is 1. The van der Waals surface area contributed by atoms with Crippen LogP contribution >= 0.6 is 15.9 Å². The Morgan fingerprint density at radius 1 is 1.50 bits per heavy atom. The first-order valence-corrected chi connectivity index (χ1v) is 7.57. The highest BCUT2D eigenvalue weighted by molar-refractivity contribution is 9.10. The number of nitrogens with two attached hydrogens (primary N) is 1. The molecule has 18 heavy (non-hydrogen) atoms. The van der Waals surface area contributed by atoms with E-state index in [9.17, 15) is 8.42 Å². The van der Waals surface area contributed by atoms with Crippen LogP contribution in [0.15, 0.2) is 27.8 Å². The maximum Gasteiger partial charge on any atom is 0.235 e. The molecule has 0 aliphatic heterocycles. The van der Waals surface area contributed by atoms with Crippen LogP contribution in [0.1, 0.15) is 18.4 Å². The molecule has 98 valence electrons. The van der Waals surface area contributed by atoms with Crippen molar-refractivity contribution in [2.24, 2.45) is 10.9 Å². The first-order valence-electron chi connectivity index (χ1n) is 5.23. The quantitative estimate of drug-likeness (QED) is 0.335. The Morgan fingerprint density at radius 2 is 2.17 bits per heavy atom. The zero-order valence-corrected chi connectivity index (χ0v) is 11.7. The molecule has 0 aromatic heterocycles. The molecule has 1 saturated carbocycles. The van der Waals surface area contributed by atoms with Gasteiger partial charge in [0.1, 0.15) is 0 Å². The van der Waals surface area contributed by atoms with Crippen LogP contribution < -0.4 is 10.5 Å². The molecule has 1 aliphatic carbocycles. The number of amidine groups is 1. The third-order valence-electron chi connectivity index (χ3n) is 2.59. The molecule has 2 rings (SSSR count). The van der Waals surface area contributed by atoms with Gasteiger partial charge < -0.3 is 10.9 Å². The van der Waals surface area contributed by atoms with Gasteiger partial charge in [0, 0.05) is 10.0 Å². The van der Waals surface area contributed by atoms with Gasteiger partial charge in [0.25, 0.3) is 0 Å². The monoisotopic (exact) mass is 333 g/mol. The largest absolute Gasteiger partial charge is 0.409 e. The van der Waals surface area contributed by atoms with Gasteiger partial charge in [-0.15, -0.1) is 0 Å². The summed E-state index contributed by atoms with van der Waals surface area (Å²) in [5.41, 5.74) is 6.38. The Labute approximate surface area is 113 Å². The lowest BCUT2D eigenvalue weighted by Gasteiger charge is -2.10. The molecule has 1 aromatic rings. The molecule has 0 amide bonds. The molecule has 4 N–H and O–H groups in total. The van der Waals surface area contributed by atoms with E-state index in [0.29, 0.717) is 28.6 Å². The van der Waals surface area contributed by atoms with E-state index in [1.54, 1.807) is 18.2 Å². The van der Waals surface area contributed by atoms with Crippen molar-refractivity contribution in [2.75, 3.05) is 4.72 Å². The van der Waals surface area contributed by atoms with Crippen molar-refractivity contribution < 1.29 is 13.6 Å². The Balaban J connectivity index is 2.25. The highest BCUT2D eigenvalue weighted by atomic mass is 79.9. The predicted octanol–water partition coefficient (Wildman–Crippen LogP) is 1.45. The summed E-state index contributed by atoms with van der Waals surface area (Å²) in [6.07, 6.45) is 1.41. The molecule has 0 bridgehead atoms. The summed E-state index contributed by atoms with van der Waals surface area (Å²) in [6.45, 7) is 0. The number of oxime groups is 1. The van der Waals surface area contributed by atoms with Crippen LogP contribution in [0.25, 0.3) is 0 Å². The van der Waals surface area contributed by atoms with E-state index in [2.05, 4.69) is 25.8 Å². The lowest BCUT2D eigenvalue weighted by Crippen LogP contribution is -2.18. The molecular formula is C10H12BrN3O3S. The molecule has 0 heterocycles. The van der Waals surface area contributed by atoms with Gasteiger partial charge in [0.2, 0.25) is 10.0 Å². The molecule has 0 saturated heterocycles. The number of hydrogen-bond acceptors (Lipinski definition) is 4. The molecule has 0 unspecified atom stereocenters. The van der Waals surface area contributed by atoms with E-state index in [1.165, 1.54) is 0 Å². The van der Waals surface area contributed by atoms with Gasteiger partial charge in [-0.25, -0.2) is 8.42 Å². The van der Waals surface area contributed by atoms with E-state index in [0.717, 1.165) is 0 Å². The molecule has 0 radical (unpaired) electrons. The van der Waals surface area contributed by atoms with Crippen LogP contribution in [0.2, 0.25) is 0 Å². The summed E-state index contributed by atoms with van der Waals surface area (Å²) in [5, 5.41) is 11.1. The standard InChI is InChI=1S/C10H12BrN3O3S/c11-8-5-6(10(12)13-15)1-4-9(8)14-18(16,17)7-2-3-7/h1,4-5,7,14-15H,2-3H2,(H2,12,13). The second-order valence-electron chi connectivity index (χ2n) is 4.03. The number of nitrogens with one attached hydrogen (secondary N) is 1. The summed E-state index contributed by atoms with van der Waals surface area (Å²) in [4.78, 5) is 0. The van der Waals surface area contributed by atoms with Gasteiger partial charge in [-0.3, -0.25) is 4.72 Å². The van der Waals surface area contributed by atoms with Gasteiger partial charge in [-0.2, -0.15) is 0 Å². The second-order valence-corrected chi connectivity index (χ2v) is 6.84. The lowest BCUT2D eigenvalue weighted by molar-refractivity contribution is 0.318. The third kappa shape index (κ3) is 2.75. The van der Waals surface area contributed by atoms with Crippen LogP contribution in [-0.2, 0) is 10.0 Å². The fourth-order valence-corrected chi connectivity index (χ4v) is 3.45. The highest BCUT2D eigenvalue weighted by Crippen LogP contribution is 2.32. The second kappa shape index (κ2) is 4.77. The minimum Gasteiger partial charge on any atom is -0.409 e. The lowest BCUT2D eigenvalue weighted by atomic mass is 10.2. The summed E-state index contributed by atoms with van der Waals surface area (Å²) < 4.78 is 26.6. The van der Waals surface area contributed by atoms with E-state index in [4.69, 9.17) is 10.9 Å². The van der Waals surface area contributed by atoms with Crippen molar-refractivity contribution in [3.05, 3.63) is 28.2 Å².